The molecule has 1 saturated heterocycles. The van der Waals surface area contributed by atoms with E-state index < -0.39 is 55.1 Å². The van der Waals surface area contributed by atoms with Crippen LogP contribution in [0.25, 0.3) is 0 Å². The number of benzene rings is 3. The second kappa shape index (κ2) is 19.0. The Morgan fingerprint density at radius 1 is 0.983 bits per heavy atom. The molecular formula is C44H54N5O9P. The van der Waals surface area contributed by atoms with Gasteiger partial charge in [0.05, 0.1) is 51.1 Å². The number of amides is 1. The number of hydrogen-bond acceptors (Lipinski definition) is 11. The van der Waals surface area contributed by atoms with E-state index >= 15 is 0 Å². The topological polar surface area (TPSA) is 166 Å². The van der Waals surface area contributed by atoms with E-state index in [1.807, 2.05) is 78.9 Å². The van der Waals surface area contributed by atoms with Crippen molar-refractivity contribution in [2.75, 3.05) is 27.4 Å². The van der Waals surface area contributed by atoms with Crippen LogP contribution in [-0.4, -0.2) is 83.5 Å². The highest BCUT2D eigenvalue weighted by atomic mass is 31.2. The van der Waals surface area contributed by atoms with Crippen LogP contribution in [0.1, 0.15) is 69.2 Å². The molecule has 1 amide bonds. The summed E-state index contributed by atoms with van der Waals surface area (Å²) in [7, 11) is 1.44. The number of H-pyrrole nitrogens is 1. The number of nitrogens with one attached hydrogen (secondary N) is 2. The molecule has 3 aromatic carbocycles. The number of aromatic nitrogens is 2. The van der Waals surface area contributed by atoms with E-state index in [1.165, 1.54) is 10.8 Å². The van der Waals surface area contributed by atoms with E-state index in [4.69, 9.17) is 28.0 Å². The first kappa shape index (κ1) is 43.7. The van der Waals surface area contributed by atoms with Gasteiger partial charge in [-0.2, -0.15) is 5.26 Å². The van der Waals surface area contributed by atoms with Gasteiger partial charge in [-0.1, -0.05) is 54.6 Å². The van der Waals surface area contributed by atoms with E-state index in [1.54, 1.807) is 21.1 Å². The van der Waals surface area contributed by atoms with Crippen molar-refractivity contribution in [3.05, 3.63) is 128 Å². The lowest BCUT2D eigenvalue weighted by atomic mass is 9.78. The number of carbonyl (C=O) groups excluding carboxylic acids is 1. The van der Waals surface area contributed by atoms with Gasteiger partial charge in [0.2, 0.25) is 5.91 Å². The molecule has 314 valence electrons. The molecule has 0 radical (unpaired) electrons. The molecular weight excluding hydrogens is 773 g/mol. The van der Waals surface area contributed by atoms with Crippen LogP contribution in [0.5, 0.6) is 11.5 Å². The SMILES string of the molecule is COc1ccc(C(OC2CC3OCCC2(NC(=O)Cn2cc(C)c(=O)[nH]c2=O)C3OP(OCCC#N)N(C(C)C)C(C)C)(c2ccccc2)c2ccc(OC)cc2)cc1. The third-order valence-corrected chi connectivity index (χ3v) is 13.1. The lowest BCUT2D eigenvalue weighted by molar-refractivity contribution is -0.141. The first-order valence-corrected chi connectivity index (χ1v) is 21.0. The maximum atomic E-state index is 14.5. The lowest BCUT2D eigenvalue weighted by Crippen LogP contribution is -2.66. The van der Waals surface area contributed by atoms with Crippen molar-refractivity contribution < 1.29 is 32.8 Å². The Morgan fingerprint density at radius 3 is 2.14 bits per heavy atom. The van der Waals surface area contributed by atoms with Gasteiger partial charge in [-0.25, -0.2) is 9.46 Å². The molecule has 1 aromatic heterocycles. The maximum Gasteiger partial charge on any atom is 0.328 e. The minimum Gasteiger partial charge on any atom is -0.497 e. The first-order chi connectivity index (χ1) is 28.4. The highest BCUT2D eigenvalue weighted by Crippen LogP contribution is 2.55. The van der Waals surface area contributed by atoms with Crippen molar-refractivity contribution in [2.45, 2.75) is 102 Å². The lowest BCUT2D eigenvalue weighted by Gasteiger charge is -2.48. The van der Waals surface area contributed by atoms with Crippen LogP contribution in [0.4, 0.5) is 0 Å². The molecule has 4 aromatic rings. The van der Waals surface area contributed by atoms with Crippen LogP contribution in [-0.2, 0) is 35.5 Å². The summed E-state index contributed by atoms with van der Waals surface area (Å²) in [6.45, 7) is 9.87. The quantitative estimate of drug-likeness (QED) is 0.0692. The zero-order chi connectivity index (χ0) is 42.3. The van der Waals surface area contributed by atoms with Crippen LogP contribution in [0.15, 0.2) is 94.6 Å². The van der Waals surface area contributed by atoms with Crippen LogP contribution in [0.2, 0.25) is 0 Å². The minimum absolute atomic E-state index is 0.00849. The molecule has 14 nitrogen and oxygen atoms in total. The second-order valence-electron chi connectivity index (χ2n) is 15.4. The molecule has 2 fully saturated rings. The molecule has 1 aliphatic heterocycles. The number of hydrogen-bond donors (Lipinski definition) is 2. The number of nitriles is 1. The fourth-order valence-corrected chi connectivity index (χ4v) is 10.1. The van der Waals surface area contributed by atoms with Gasteiger partial charge in [-0.3, -0.25) is 19.1 Å². The van der Waals surface area contributed by atoms with Crippen LogP contribution < -0.4 is 26.0 Å². The third-order valence-electron chi connectivity index (χ3n) is 10.9. The van der Waals surface area contributed by atoms with Gasteiger partial charge in [0, 0.05) is 36.9 Å². The molecule has 1 aliphatic carbocycles. The molecule has 2 bridgehead atoms. The van der Waals surface area contributed by atoms with E-state index in [0.29, 0.717) is 29.9 Å². The number of fused-ring (bicyclic) bond motifs is 2. The highest BCUT2D eigenvalue weighted by Gasteiger charge is 2.63. The van der Waals surface area contributed by atoms with Crippen molar-refractivity contribution in [3.8, 4) is 17.6 Å². The largest absolute Gasteiger partial charge is 0.497 e. The summed E-state index contributed by atoms with van der Waals surface area (Å²) in [5.74, 6) is 0.858. The Morgan fingerprint density at radius 2 is 1.58 bits per heavy atom. The standard InChI is InChI=1S/C44H54N5O9P/c1-29(2)49(30(3)4)59(56-24-11-23-45)58-40-37-26-38(43(40,22-25-55-37)47-39(50)28-48-27-31(5)41(51)46-42(48)52)57-44(32-12-9-8-10-13-32,33-14-18-35(53-6)19-15-33)34-16-20-36(54-7)21-17-34/h8-10,12-21,27,29-30,37-38,40H,11,22,24-26,28H2,1-7H3,(H,47,50)(H,46,51,52). The number of aromatic amines is 1. The minimum atomic E-state index is -1.79. The van der Waals surface area contributed by atoms with Gasteiger partial charge in [0.25, 0.3) is 14.1 Å². The fourth-order valence-electron chi connectivity index (χ4n) is 8.25. The number of ether oxygens (including phenoxy) is 4. The Bertz CT molecular complexity index is 2130. The maximum absolute atomic E-state index is 14.5. The zero-order valence-corrected chi connectivity index (χ0v) is 35.6. The Kier molecular flexibility index (Phi) is 14.1. The molecule has 5 unspecified atom stereocenters. The summed E-state index contributed by atoms with van der Waals surface area (Å²) in [4.78, 5) is 41.9. The zero-order valence-electron chi connectivity index (χ0n) is 34.7. The van der Waals surface area contributed by atoms with Gasteiger partial charge >= 0.3 is 5.69 Å². The summed E-state index contributed by atoms with van der Waals surface area (Å²) in [6.07, 6.45) is 0.0945. The van der Waals surface area contributed by atoms with Crippen LogP contribution in [0.3, 0.4) is 0 Å². The summed E-state index contributed by atoms with van der Waals surface area (Å²) in [5.41, 5.74) is -0.969. The van der Waals surface area contributed by atoms with Crippen LogP contribution in [0, 0.1) is 18.3 Å². The van der Waals surface area contributed by atoms with Gasteiger partial charge in [0.1, 0.15) is 29.7 Å². The molecule has 6 rings (SSSR count). The van der Waals surface area contributed by atoms with Gasteiger partial charge in [-0.15, -0.1) is 0 Å². The van der Waals surface area contributed by atoms with Crippen LogP contribution >= 0.6 is 8.53 Å². The molecule has 5 atom stereocenters. The predicted molar refractivity (Wildman–Crippen MR) is 223 cm³/mol. The van der Waals surface area contributed by atoms with Crippen molar-refractivity contribution in [1.29, 1.82) is 5.26 Å². The van der Waals surface area contributed by atoms with Crippen molar-refractivity contribution in [3.63, 3.8) is 0 Å². The van der Waals surface area contributed by atoms with Crippen molar-refractivity contribution in [1.82, 2.24) is 19.5 Å². The fraction of sp³-hybridized carbons (Fsp3) is 0.455. The van der Waals surface area contributed by atoms with Crippen molar-refractivity contribution >= 4 is 14.4 Å². The molecule has 59 heavy (non-hydrogen) atoms. The average molecular weight is 828 g/mol. The average Bonchev–Trinajstić information content (AvgIpc) is 3.36. The Hall–Kier alpha value is -4.87. The van der Waals surface area contributed by atoms with Gasteiger partial charge in [-0.05, 0) is 82.0 Å². The molecule has 1 saturated carbocycles. The first-order valence-electron chi connectivity index (χ1n) is 19.9. The number of rotatable bonds is 18. The van der Waals surface area contributed by atoms with Crippen molar-refractivity contribution in [2.24, 2.45) is 0 Å². The molecule has 2 heterocycles. The number of methoxy groups -OCH3 is 2. The molecule has 2 N–H and O–H groups in total. The van der Waals surface area contributed by atoms with E-state index in [9.17, 15) is 19.6 Å². The van der Waals surface area contributed by atoms with E-state index in [0.717, 1.165) is 16.7 Å². The van der Waals surface area contributed by atoms with E-state index in [-0.39, 0.29) is 38.3 Å². The normalized spacial score (nSPS) is 20.7. The second-order valence-corrected chi connectivity index (χ2v) is 16.8. The Balaban J connectivity index is 1.53. The summed E-state index contributed by atoms with van der Waals surface area (Å²) >= 11 is 0. The van der Waals surface area contributed by atoms with E-state index in [2.05, 4.69) is 48.7 Å². The molecule has 2 aliphatic rings. The molecule has 0 spiro atoms. The summed E-state index contributed by atoms with van der Waals surface area (Å²) in [5, 5.41) is 12.8. The number of carbonyl (C=O) groups is 1. The summed E-state index contributed by atoms with van der Waals surface area (Å²) < 4.78 is 42.2. The number of aryl methyl sites for hydroxylation is 1. The van der Waals surface area contributed by atoms with Gasteiger partial charge in [0.15, 0.2) is 0 Å². The smallest absolute Gasteiger partial charge is 0.328 e. The predicted octanol–water partition coefficient (Wildman–Crippen LogP) is 5.95. The summed E-state index contributed by atoms with van der Waals surface area (Å²) in [6, 6.07) is 27.5. The third kappa shape index (κ3) is 9.16. The Labute approximate surface area is 346 Å². The number of nitrogens with zero attached hydrogens (tertiary/aromatic N) is 3. The monoisotopic (exact) mass is 827 g/mol. The van der Waals surface area contributed by atoms with Gasteiger partial charge < -0.3 is 33.3 Å². The highest BCUT2D eigenvalue weighted by molar-refractivity contribution is 7.44. The molecule has 15 heteroatoms.